The fourth-order valence-electron chi connectivity index (χ4n) is 3.07. The first kappa shape index (κ1) is 23.9. The van der Waals surface area contributed by atoms with Crippen molar-refractivity contribution in [2.24, 2.45) is 0 Å². The van der Waals surface area contributed by atoms with Gasteiger partial charge in [-0.15, -0.1) is 11.8 Å². The lowest BCUT2D eigenvalue weighted by Gasteiger charge is -2.15. The summed E-state index contributed by atoms with van der Waals surface area (Å²) in [7, 11) is 0. The molecule has 0 spiro atoms. The summed E-state index contributed by atoms with van der Waals surface area (Å²) in [6.45, 7) is 4.02. The maximum absolute atomic E-state index is 11.6. The van der Waals surface area contributed by atoms with Gasteiger partial charge in [0.25, 0.3) is 0 Å². The zero-order chi connectivity index (χ0) is 21.2. The number of ketones is 1. The Morgan fingerprint density at radius 1 is 1.38 bits per heavy atom. The van der Waals surface area contributed by atoms with Crippen molar-refractivity contribution in [3.63, 3.8) is 0 Å². The topological polar surface area (TPSA) is 93.1 Å². The lowest BCUT2D eigenvalue weighted by molar-refractivity contribution is -0.137. The average Bonchev–Trinajstić information content (AvgIpc) is 3.13. The Morgan fingerprint density at radius 2 is 2.17 bits per heavy atom. The van der Waals surface area contributed by atoms with Crippen LogP contribution in [0.5, 0.6) is 11.5 Å². The van der Waals surface area contributed by atoms with Gasteiger partial charge in [-0.1, -0.05) is 13.3 Å². The summed E-state index contributed by atoms with van der Waals surface area (Å²) in [4.78, 5) is 22.2. The molecule has 1 saturated heterocycles. The van der Waals surface area contributed by atoms with E-state index in [2.05, 4.69) is 0 Å². The van der Waals surface area contributed by atoms with Crippen LogP contribution in [0.4, 0.5) is 0 Å². The van der Waals surface area contributed by atoms with Gasteiger partial charge in [0.15, 0.2) is 5.78 Å². The van der Waals surface area contributed by atoms with Gasteiger partial charge in [0.05, 0.1) is 18.3 Å². The monoisotopic (exact) mass is 442 g/mol. The Balaban J connectivity index is 1.69. The number of carboxylic acid groups (broad SMARTS) is 1. The van der Waals surface area contributed by atoms with Crippen LogP contribution in [-0.4, -0.2) is 57.4 Å². The molecular formula is C21H30O6S2. The molecule has 29 heavy (non-hydrogen) atoms. The highest BCUT2D eigenvalue weighted by molar-refractivity contribution is 8.00. The van der Waals surface area contributed by atoms with Gasteiger partial charge in [-0.3, -0.25) is 9.59 Å². The molecule has 0 bridgehead atoms. The molecular weight excluding hydrogens is 412 g/mol. The molecule has 8 heteroatoms. The number of hydrogen-bond acceptors (Lipinski definition) is 7. The second-order valence-electron chi connectivity index (χ2n) is 6.97. The molecule has 1 heterocycles. The van der Waals surface area contributed by atoms with Crippen molar-refractivity contribution in [1.29, 1.82) is 0 Å². The third-order valence-electron chi connectivity index (χ3n) is 4.52. The fourth-order valence-corrected chi connectivity index (χ4v) is 5.32. The number of rotatable bonds is 13. The molecule has 1 aliphatic heterocycles. The smallest absolute Gasteiger partial charge is 0.303 e. The van der Waals surface area contributed by atoms with Crippen molar-refractivity contribution in [2.75, 3.05) is 23.9 Å². The van der Waals surface area contributed by atoms with Gasteiger partial charge < -0.3 is 19.7 Å². The number of aliphatic carboxylic acids is 1. The first-order valence-corrected chi connectivity index (χ1v) is 12.2. The van der Waals surface area contributed by atoms with Crippen molar-refractivity contribution in [3.05, 3.63) is 23.3 Å². The maximum Gasteiger partial charge on any atom is 0.303 e. The van der Waals surface area contributed by atoms with Crippen molar-refractivity contribution >= 4 is 35.3 Å². The molecule has 1 fully saturated rings. The van der Waals surface area contributed by atoms with E-state index < -0.39 is 5.97 Å². The van der Waals surface area contributed by atoms with E-state index in [1.807, 2.05) is 18.7 Å². The van der Waals surface area contributed by atoms with Crippen LogP contribution in [0.25, 0.3) is 0 Å². The van der Waals surface area contributed by atoms with Crippen molar-refractivity contribution in [3.8, 4) is 11.5 Å². The minimum atomic E-state index is -0.779. The number of thioether (sulfide) groups is 2. The van der Waals surface area contributed by atoms with E-state index in [1.54, 1.807) is 23.9 Å². The molecule has 1 aromatic carbocycles. The average molecular weight is 443 g/mol. The van der Waals surface area contributed by atoms with Gasteiger partial charge in [0.1, 0.15) is 16.9 Å². The summed E-state index contributed by atoms with van der Waals surface area (Å²) in [6.07, 6.45) is 3.28. The Labute approximate surface area is 180 Å². The molecule has 2 atom stereocenters. The van der Waals surface area contributed by atoms with E-state index in [4.69, 9.17) is 14.6 Å². The van der Waals surface area contributed by atoms with Gasteiger partial charge >= 0.3 is 5.97 Å². The van der Waals surface area contributed by atoms with Crippen molar-refractivity contribution < 1.29 is 29.3 Å². The summed E-state index contributed by atoms with van der Waals surface area (Å²) in [6, 6.07) is 3.40. The highest BCUT2D eigenvalue weighted by Crippen LogP contribution is 2.33. The fraction of sp³-hybridized carbons (Fsp3) is 0.619. The standard InChI is InChI=1S/C21H30O6S2/c1-3-5-17-18(7-6-16(14(2)22)21(17)25)26-10-4-11-28-12-15-13-29-20(27-15)9-8-19(23)24/h6-7,15,20,25H,3-5,8-13H2,1-2H3,(H,23,24). The normalized spacial score (nSPS) is 18.7. The molecule has 0 radical (unpaired) electrons. The highest BCUT2D eigenvalue weighted by Gasteiger charge is 2.26. The molecule has 0 aliphatic carbocycles. The Bertz CT molecular complexity index is 694. The number of aromatic hydroxyl groups is 1. The zero-order valence-electron chi connectivity index (χ0n) is 17.0. The van der Waals surface area contributed by atoms with Crippen molar-refractivity contribution in [1.82, 2.24) is 0 Å². The second-order valence-corrected chi connectivity index (χ2v) is 9.32. The second kappa shape index (κ2) is 12.3. The van der Waals surface area contributed by atoms with E-state index in [-0.39, 0.29) is 29.5 Å². The zero-order valence-corrected chi connectivity index (χ0v) is 18.7. The predicted molar refractivity (Wildman–Crippen MR) is 118 cm³/mol. The van der Waals surface area contributed by atoms with E-state index in [9.17, 15) is 14.7 Å². The maximum atomic E-state index is 11.6. The Kier molecular flexibility index (Phi) is 10.2. The van der Waals surface area contributed by atoms with Crippen LogP contribution in [-0.2, 0) is 16.0 Å². The Hall–Kier alpha value is -1.38. The number of phenols is 1. The van der Waals surface area contributed by atoms with Crippen LogP contribution in [0.3, 0.4) is 0 Å². The van der Waals surface area contributed by atoms with Crippen LogP contribution < -0.4 is 4.74 Å². The minimum Gasteiger partial charge on any atom is -0.507 e. The third kappa shape index (κ3) is 7.75. The summed E-state index contributed by atoms with van der Waals surface area (Å²) in [5.74, 6) is 2.50. The quantitative estimate of drug-likeness (QED) is 0.344. The van der Waals surface area contributed by atoms with E-state index >= 15 is 0 Å². The molecule has 162 valence electrons. The van der Waals surface area contributed by atoms with Gasteiger partial charge in [-0.05, 0) is 44.1 Å². The van der Waals surface area contributed by atoms with Crippen LogP contribution in [0.15, 0.2) is 12.1 Å². The first-order valence-electron chi connectivity index (χ1n) is 9.97. The van der Waals surface area contributed by atoms with Crippen LogP contribution in [0, 0.1) is 0 Å². The third-order valence-corrected chi connectivity index (χ3v) is 6.99. The number of ether oxygens (including phenoxy) is 2. The molecule has 0 aromatic heterocycles. The number of benzene rings is 1. The van der Waals surface area contributed by atoms with E-state index in [1.165, 1.54) is 6.92 Å². The largest absolute Gasteiger partial charge is 0.507 e. The molecule has 0 saturated carbocycles. The predicted octanol–water partition coefficient (Wildman–Crippen LogP) is 4.37. The summed E-state index contributed by atoms with van der Waals surface area (Å²) >= 11 is 3.50. The number of hydrogen-bond donors (Lipinski definition) is 2. The molecule has 2 unspecified atom stereocenters. The van der Waals surface area contributed by atoms with E-state index in [0.717, 1.165) is 30.1 Å². The summed E-state index contributed by atoms with van der Waals surface area (Å²) < 4.78 is 11.7. The minimum absolute atomic E-state index is 0.00247. The van der Waals surface area contributed by atoms with Crippen LogP contribution in [0.2, 0.25) is 0 Å². The summed E-state index contributed by atoms with van der Waals surface area (Å²) in [5.41, 5.74) is 1.05. The van der Waals surface area contributed by atoms with Crippen LogP contribution in [0.1, 0.15) is 55.5 Å². The van der Waals surface area contributed by atoms with Gasteiger partial charge in [0, 0.05) is 23.5 Å². The SMILES string of the molecule is CCCc1c(OCCCSCC2CSC(CCC(=O)O)O2)ccc(C(C)=O)c1O. The Morgan fingerprint density at radius 3 is 2.86 bits per heavy atom. The van der Waals surface area contributed by atoms with Gasteiger partial charge in [0.2, 0.25) is 0 Å². The molecule has 6 nitrogen and oxygen atoms in total. The first-order chi connectivity index (χ1) is 13.9. The van der Waals surface area contributed by atoms with E-state index in [0.29, 0.717) is 36.3 Å². The molecule has 2 rings (SSSR count). The number of Topliss-reactive ketones (excluding diaryl/α,β-unsaturated/α-hetero) is 1. The number of phenolic OH excluding ortho intramolecular Hbond substituents is 1. The van der Waals surface area contributed by atoms with Gasteiger partial charge in [-0.2, -0.15) is 11.8 Å². The lowest BCUT2D eigenvalue weighted by Crippen LogP contribution is -2.16. The molecule has 1 aromatic rings. The van der Waals surface area contributed by atoms with Crippen LogP contribution >= 0.6 is 23.5 Å². The molecule has 1 aliphatic rings. The molecule has 2 N–H and O–H groups in total. The number of carboxylic acids is 1. The van der Waals surface area contributed by atoms with Crippen molar-refractivity contribution in [2.45, 2.75) is 57.5 Å². The van der Waals surface area contributed by atoms with Gasteiger partial charge in [-0.25, -0.2) is 0 Å². The lowest BCUT2D eigenvalue weighted by atomic mass is 10.0. The molecule has 0 amide bonds. The number of carbonyl (C=O) groups excluding carboxylic acids is 1. The summed E-state index contributed by atoms with van der Waals surface area (Å²) in [5, 5.41) is 19.1. The number of carbonyl (C=O) groups is 2. The highest BCUT2D eigenvalue weighted by atomic mass is 32.2.